The number of ether oxygens (including phenoxy) is 1. The van der Waals surface area contributed by atoms with E-state index in [1.807, 2.05) is 19.1 Å². The highest BCUT2D eigenvalue weighted by atomic mass is 32.2. The highest BCUT2D eigenvalue weighted by Crippen LogP contribution is 2.24. The Morgan fingerprint density at radius 1 is 1.62 bits per heavy atom. The van der Waals surface area contributed by atoms with E-state index >= 15 is 0 Å². The van der Waals surface area contributed by atoms with Gasteiger partial charge in [-0.1, -0.05) is 16.9 Å². The maximum atomic E-state index is 12.0. The Bertz CT molecular complexity index is 678. The van der Waals surface area contributed by atoms with Crippen LogP contribution in [-0.4, -0.2) is 22.2 Å². The van der Waals surface area contributed by atoms with Crippen LogP contribution >= 0.6 is 11.8 Å². The van der Waals surface area contributed by atoms with Crippen molar-refractivity contribution in [3.05, 3.63) is 41.4 Å². The summed E-state index contributed by atoms with van der Waals surface area (Å²) >= 11 is 1.36. The van der Waals surface area contributed by atoms with Crippen LogP contribution in [0.3, 0.4) is 0 Å². The number of nitrogens with zero attached hydrogens (tertiary/aromatic N) is 3. The normalized spacial score (nSPS) is 11.7. The van der Waals surface area contributed by atoms with E-state index in [1.165, 1.54) is 18.7 Å². The second-order valence-electron chi connectivity index (χ2n) is 4.25. The van der Waals surface area contributed by atoms with E-state index in [9.17, 15) is 4.79 Å². The highest BCUT2D eigenvalue weighted by Gasteiger charge is 2.17. The summed E-state index contributed by atoms with van der Waals surface area (Å²) in [6, 6.07) is 6.95. The van der Waals surface area contributed by atoms with Crippen molar-refractivity contribution in [1.82, 2.24) is 10.1 Å². The van der Waals surface area contributed by atoms with Crippen molar-refractivity contribution < 1.29 is 14.1 Å². The van der Waals surface area contributed by atoms with Gasteiger partial charge in [0.05, 0.1) is 11.3 Å². The first kappa shape index (κ1) is 15.1. The second-order valence-corrected chi connectivity index (χ2v) is 5.21. The van der Waals surface area contributed by atoms with Gasteiger partial charge in [-0.05, 0) is 26.0 Å². The molecule has 2 heterocycles. The largest absolute Gasteiger partial charge is 0.444 e. The fraction of sp³-hybridized carbons (Fsp3) is 0.286. The van der Waals surface area contributed by atoms with Crippen LogP contribution in [0.15, 0.2) is 33.9 Å². The lowest BCUT2D eigenvalue weighted by molar-refractivity contribution is 0.0430. The van der Waals surface area contributed by atoms with Crippen LogP contribution in [0.4, 0.5) is 0 Å². The summed E-state index contributed by atoms with van der Waals surface area (Å²) in [5.74, 6) is 0.702. The molecule has 0 saturated carbocycles. The van der Waals surface area contributed by atoms with Gasteiger partial charge in [0.2, 0.25) is 0 Å². The third kappa shape index (κ3) is 4.07. The van der Waals surface area contributed by atoms with Crippen LogP contribution in [0, 0.1) is 18.3 Å². The maximum Gasteiger partial charge on any atom is 0.342 e. The summed E-state index contributed by atoms with van der Waals surface area (Å²) in [7, 11) is 0. The molecule has 0 aliphatic carbocycles. The number of rotatable bonds is 5. The Kier molecular flexibility index (Phi) is 4.95. The first-order chi connectivity index (χ1) is 10.1. The van der Waals surface area contributed by atoms with E-state index in [0.29, 0.717) is 16.3 Å². The van der Waals surface area contributed by atoms with E-state index in [4.69, 9.17) is 14.5 Å². The lowest BCUT2D eigenvalue weighted by atomic mass is 10.3. The molecule has 0 N–H and O–H groups in total. The van der Waals surface area contributed by atoms with Gasteiger partial charge in [-0.3, -0.25) is 0 Å². The van der Waals surface area contributed by atoms with E-state index in [-0.39, 0.29) is 0 Å². The topological polar surface area (TPSA) is 89.0 Å². The average Bonchev–Trinajstić information content (AvgIpc) is 2.90. The van der Waals surface area contributed by atoms with Crippen molar-refractivity contribution in [2.75, 3.05) is 0 Å². The average molecular weight is 303 g/mol. The summed E-state index contributed by atoms with van der Waals surface area (Å²) in [6.07, 6.45) is 0.801. The fourth-order valence-electron chi connectivity index (χ4n) is 1.54. The van der Waals surface area contributed by atoms with Crippen molar-refractivity contribution in [2.24, 2.45) is 0 Å². The molecule has 0 radical (unpaired) electrons. The van der Waals surface area contributed by atoms with E-state index in [2.05, 4.69) is 10.1 Å². The van der Waals surface area contributed by atoms with Gasteiger partial charge in [0.25, 0.3) is 0 Å². The van der Waals surface area contributed by atoms with Crippen LogP contribution in [0.1, 0.15) is 28.7 Å². The number of hydrogen-bond donors (Lipinski definition) is 0. The van der Waals surface area contributed by atoms with Crippen molar-refractivity contribution in [1.29, 1.82) is 5.26 Å². The number of pyridine rings is 1. The van der Waals surface area contributed by atoms with Gasteiger partial charge < -0.3 is 9.26 Å². The van der Waals surface area contributed by atoms with Gasteiger partial charge in [0, 0.05) is 18.0 Å². The lowest BCUT2D eigenvalue weighted by Crippen LogP contribution is -2.14. The first-order valence-electron chi connectivity index (χ1n) is 6.20. The summed E-state index contributed by atoms with van der Waals surface area (Å²) in [4.78, 5) is 16.2. The van der Waals surface area contributed by atoms with Crippen LogP contribution in [0.25, 0.3) is 0 Å². The Morgan fingerprint density at radius 2 is 2.43 bits per heavy atom. The predicted molar refractivity (Wildman–Crippen MR) is 75.5 cm³/mol. The molecule has 108 valence electrons. The molecule has 0 aliphatic heterocycles. The van der Waals surface area contributed by atoms with Crippen LogP contribution < -0.4 is 0 Å². The summed E-state index contributed by atoms with van der Waals surface area (Å²) < 4.78 is 9.98. The third-order valence-electron chi connectivity index (χ3n) is 2.49. The number of nitriles is 1. The van der Waals surface area contributed by atoms with E-state index in [1.54, 1.807) is 18.3 Å². The van der Waals surface area contributed by atoms with E-state index in [0.717, 1.165) is 11.5 Å². The summed E-state index contributed by atoms with van der Waals surface area (Å²) in [5.41, 5.74) is 1.11. The number of carbonyl (C=O) groups excluding carboxylic acids is 1. The van der Waals surface area contributed by atoms with Gasteiger partial charge in [-0.2, -0.15) is 5.26 Å². The third-order valence-corrected chi connectivity index (χ3v) is 3.53. The molecule has 0 unspecified atom stereocenters. The Labute approximate surface area is 126 Å². The second kappa shape index (κ2) is 6.90. The molecule has 2 aromatic rings. The molecule has 0 amide bonds. The Balaban J connectivity index is 2.09. The summed E-state index contributed by atoms with van der Waals surface area (Å²) in [5, 5.41) is 13.1. The molecule has 2 rings (SSSR count). The smallest absolute Gasteiger partial charge is 0.342 e. The van der Waals surface area contributed by atoms with Crippen molar-refractivity contribution in [2.45, 2.75) is 30.7 Å². The minimum Gasteiger partial charge on any atom is -0.444 e. The van der Waals surface area contributed by atoms with Gasteiger partial charge in [0.1, 0.15) is 16.9 Å². The SMILES string of the molecule is Cc1cc(CSc2ncccc2C(=O)O[C@@H](C)C#N)no1. The minimum atomic E-state index is -0.797. The molecule has 0 aliphatic rings. The zero-order valence-electron chi connectivity index (χ0n) is 11.6. The molecule has 0 fully saturated rings. The maximum absolute atomic E-state index is 12.0. The molecule has 0 aromatic carbocycles. The molecule has 1 atom stereocenters. The van der Waals surface area contributed by atoms with Gasteiger partial charge in [-0.25, -0.2) is 9.78 Å². The van der Waals surface area contributed by atoms with Crippen LogP contribution in [0.5, 0.6) is 0 Å². The molecular weight excluding hydrogens is 290 g/mol. The number of carbonyl (C=O) groups is 1. The lowest BCUT2D eigenvalue weighted by Gasteiger charge is -2.08. The fourth-order valence-corrected chi connectivity index (χ4v) is 2.40. The molecule has 2 aromatic heterocycles. The van der Waals surface area contributed by atoms with Gasteiger partial charge in [-0.15, -0.1) is 0 Å². The van der Waals surface area contributed by atoms with Crippen LogP contribution in [-0.2, 0) is 10.5 Å². The van der Waals surface area contributed by atoms with Crippen molar-refractivity contribution in [3.63, 3.8) is 0 Å². The zero-order chi connectivity index (χ0) is 15.2. The van der Waals surface area contributed by atoms with Crippen molar-refractivity contribution in [3.8, 4) is 6.07 Å². The molecule has 6 nitrogen and oxygen atoms in total. The minimum absolute atomic E-state index is 0.338. The number of thioether (sulfide) groups is 1. The molecule has 21 heavy (non-hydrogen) atoms. The number of esters is 1. The monoisotopic (exact) mass is 303 g/mol. The van der Waals surface area contributed by atoms with Crippen LogP contribution in [0.2, 0.25) is 0 Å². The van der Waals surface area contributed by atoms with Crippen molar-refractivity contribution >= 4 is 17.7 Å². The number of aryl methyl sites for hydroxylation is 1. The molecule has 0 spiro atoms. The first-order valence-corrected chi connectivity index (χ1v) is 7.19. The van der Waals surface area contributed by atoms with E-state index < -0.39 is 12.1 Å². The predicted octanol–water partition coefficient (Wildman–Crippen LogP) is 2.74. The van der Waals surface area contributed by atoms with Gasteiger partial charge in [0.15, 0.2) is 6.10 Å². The molecule has 0 saturated heterocycles. The number of aromatic nitrogens is 2. The molecule has 0 bridgehead atoms. The zero-order valence-corrected chi connectivity index (χ0v) is 12.4. The van der Waals surface area contributed by atoms with Gasteiger partial charge >= 0.3 is 5.97 Å². The highest BCUT2D eigenvalue weighted by molar-refractivity contribution is 7.98. The molecule has 7 heteroatoms. The Morgan fingerprint density at radius 3 is 3.10 bits per heavy atom. The Hall–Kier alpha value is -2.33. The standard InChI is InChI=1S/C14H13N3O3S/c1-9-6-11(17-20-9)8-21-13-12(4-3-5-16-13)14(18)19-10(2)7-15/h3-6,10H,8H2,1-2H3/t10-/m0/s1. The molecular formula is C14H13N3O3S. The number of hydrogen-bond acceptors (Lipinski definition) is 7. The quantitative estimate of drug-likeness (QED) is 0.619. The summed E-state index contributed by atoms with van der Waals surface area (Å²) in [6.45, 7) is 3.33.